The first kappa shape index (κ1) is 29.0. The van der Waals surface area contributed by atoms with Gasteiger partial charge in [-0.25, -0.2) is 12.8 Å². The first-order valence-corrected chi connectivity index (χ1v) is 15.9. The van der Waals surface area contributed by atoms with E-state index in [2.05, 4.69) is 38.3 Å². The van der Waals surface area contributed by atoms with Crippen LogP contribution in [-0.2, 0) is 16.6 Å². The Bertz CT molecular complexity index is 1460. The molecule has 0 bridgehead atoms. The van der Waals surface area contributed by atoms with Crippen LogP contribution < -0.4 is 10.2 Å². The number of carbonyl (C=O) groups excluding carboxylic acids is 1. The van der Waals surface area contributed by atoms with Crippen LogP contribution in [0.2, 0.25) is 5.02 Å². The molecule has 11 heteroatoms. The van der Waals surface area contributed by atoms with Crippen molar-refractivity contribution in [3.8, 4) is 0 Å². The molecule has 2 aliphatic rings. The van der Waals surface area contributed by atoms with Crippen LogP contribution in [0.1, 0.15) is 28.8 Å². The molecule has 2 heterocycles. The van der Waals surface area contributed by atoms with Gasteiger partial charge in [-0.1, -0.05) is 39.7 Å². The lowest BCUT2D eigenvalue weighted by Gasteiger charge is -2.35. The molecule has 0 unspecified atom stereocenters. The fourth-order valence-corrected chi connectivity index (χ4v) is 7.59. The molecule has 0 radical (unpaired) electrons. The van der Waals surface area contributed by atoms with E-state index in [4.69, 9.17) is 11.6 Å². The number of nitrogens with zero attached hydrogens (tertiary/aromatic N) is 3. The minimum atomic E-state index is -3.91. The van der Waals surface area contributed by atoms with Crippen molar-refractivity contribution >= 4 is 49.1 Å². The van der Waals surface area contributed by atoms with E-state index in [9.17, 15) is 17.6 Å². The van der Waals surface area contributed by atoms with Gasteiger partial charge in [0.25, 0.3) is 5.91 Å². The quantitative estimate of drug-likeness (QED) is 0.384. The number of rotatable bonds is 7. The van der Waals surface area contributed by atoms with Crippen molar-refractivity contribution in [1.82, 2.24) is 14.5 Å². The van der Waals surface area contributed by atoms with Crippen molar-refractivity contribution in [3.05, 3.63) is 93.2 Å². The molecule has 1 N–H and O–H groups in total. The number of piperazine rings is 1. The van der Waals surface area contributed by atoms with Gasteiger partial charge in [0.05, 0.1) is 5.02 Å². The van der Waals surface area contributed by atoms with Crippen molar-refractivity contribution in [1.29, 1.82) is 0 Å². The summed E-state index contributed by atoms with van der Waals surface area (Å²) in [6.07, 6.45) is 1.63. The molecule has 3 aromatic rings. The van der Waals surface area contributed by atoms with E-state index in [1.807, 2.05) is 17.0 Å². The number of halogens is 3. The summed E-state index contributed by atoms with van der Waals surface area (Å²) in [4.78, 5) is 17.4. The van der Waals surface area contributed by atoms with Crippen LogP contribution >= 0.6 is 27.5 Å². The molecule has 7 nitrogen and oxygen atoms in total. The first-order chi connectivity index (χ1) is 19.2. The Kier molecular flexibility index (Phi) is 9.11. The molecule has 0 aromatic heterocycles. The van der Waals surface area contributed by atoms with Gasteiger partial charge in [-0.05, 0) is 73.0 Å². The molecule has 40 heavy (non-hydrogen) atoms. The lowest BCUT2D eigenvalue weighted by Crippen LogP contribution is -2.48. The Balaban J connectivity index is 1.18. The number of amides is 1. The molecule has 2 aliphatic heterocycles. The average molecular weight is 650 g/mol. The molecule has 0 aliphatic carbocycles. The van der Waals surface area contributed by atoms with Crippen LogP contribution in [0, 0.1) is 5.82 Å². The van der Waals surface area contributed by atoms with Crippen LogP contribution in [0.25, 0.3) is 0 Å². The Morgan fingerprint density at radius 3 is 2.33 bits per heavy atom. The third-order valence-corrected chi connectivity index (χ3v) is 10.3. The molecule has 0 spiro atoms. The van der Waals surface area contributed by atoms with E-state index >= 15 is 0 Å². The van der Waals surface area contributed by atoms with Gasteiger partial charge in [0.1, 0.15) is 10.7 Å². The summed E-state index contributed by atoms with van der Waals surface area (Å²) in [7, 11) is -3.91. The molecule has 0 atom stereocenters. The second kappa shape index (κ2) is 12.6. The normalized spacial score (nSPS) is 17.6. The third-order valence-electron chi connectivity index (χ3n) is 7.46. The number of nitrogens with one attached hydrogen (secondary N) is 1. The molecule has 1 amide bonds. The predicted octanol–water partition coefficient (Wildman–Crippen LogP) is 5.15. The summed E-state index contributed by atoms with van der Waals surface area (Å²) in [5.74, 6) is -0.620. The number of piperidine rings is 1. The summed E-state index contributed by atoms with van der Waals surface area (Å²) >= 11 is 9.85. The first-order valence-electron chi connectivity index (χ1n) is 13.3. The van der Waals surface area contributed by atoms with Crippen LogP contribution in [0.15, 0.2) is 76.1 Å². The molecule has 2 saturated heterocycles. The van der Waals surface area contributed by atoms with Gasteiger partial charge in [0.2, 0.25) is 10.0 Å². The predicted molar refractivity (Wildman–Crippen MR) is 159 cm³/mol. The smallest absolute Gasteiger partial charge is 0.251 e. The lowest BCUT2D eigenvalue weighted by atomic mass is 10.0. The van der Waals surface area contributed by atoms with E-state index in [0.29, 0.717) is 13.1 Å². The van der Waals surface area contributed by atoms with Crippen LogP contribution in [0.4, 0.5) is 10.1 Å². The zero-order valence-corrected chi connectivity index (χ0v) is 25.1. The van der Waals surface area contributed by atoms with E-state index in [1.54, 1.807) is 18.2 Å². The van der Waals surface area contributed by atoms with E-state index in [0.717, 1.165) is 42.6 Å². The number of likely N-dealkylation sites (tertiary alicyclic amines) is 1. The van der Waals surface area contributed by atoms with Gasteiger partial charge in [0.15, 0.2) is 0 Å². The molecule has 5 rings (SSSR count). The SMILES string of the molecule is O=C(NC1CCN(Cc2cccc(Br)c2)CC1)c1ccc(Cl)c(S(=O)(=O)N2CCN(c3ccc(F)cc3)CC2)c1. The highest BCUT2D eigenvalue weighted by Crippen LogP contribution is 2.28. The highest BCUT2D eigenvalue weighted by atomic mass is 79.9. The summed E-state index contributed by atoms with van der Waals surface area (Å²) in [6, 6.07) is 18.8. The lowest BCUT2D eigenvalue weighted by molar-refractivity contribution is 0.0908. The second-order valence-electron chi connectivity index (χ2n) is 10.2. The van der Waals surface area contributed by atoms with E-state index in [-0.39, 0.29) is 46.3 Å². The zero-order chi connectivity index (χ0) is 28.3. The molecular weight excluding hydrogens is 619 g/mol. The summed E-state index contributed by atoms with van der Waals surface area (Å²) in [6.45, 7) is 4.02. The zero-order valence-electron chi connectivity index (χ0n) is 21.9. The number of hydrogen-bond donors (Lipinski definition) is 1. The monoisotopic (exact) mass is 648 g/mol. The number of carbonyl (C=O) groups is 1. The summed E-state index contributed by atoms with van der Waals surface area (Å²) in [5, 5.41) is 3.16. The van der Waals surface area contributed by atoms with Gasteiger partial charge in [-0.2, -0.15) is 4.31 Å². The Labute approximate surface area is 248 Å². The highest BCUT2D eigenvalue weighted by molar-refractivity contribution is 9.10. The van der Waals surface area contributed by atoms with Crippen LogP contribution in [0.5, 0.6) is 0 Å². The molecule has 2 fully saturated rings. The summed E-state index contributed by atoms with van der Waals surface area (Å²) < 4.78 is 42.7. The molecule has 3 aromatic carbocycles. The third kappa shape index (κ3) is 6.86. The van der Waals surface area contributed by atoms with Gasteiger partial charge in [0, 0.05) is 67.6 Å². The Morgan fingerprint density at radius 1 is 0.950 bits per heavy atom. The minimum Gasteiger partial charge on any atom is -0.369 e. The van der Waals surface area contributed by atoms with Crippen LogP contribution in [-0.4, -0.2) is 68.8 Å². The standard InChI is InChI=1S/C29H31BrClFN4O3S/c30-23-3-1-2-21(18-23)20-34-12-10-25(11-13-34)33-29(37)22-4-9-27(31)28(19-22)40(38,39)36-16-14-35(15-17-36)26-7-5-24(32)6-8-26/h1-9,18-19,25H,10-17,20H2,(H,33,37). The van der Waals surface area contributed by atoms with Crippen molar-refractivity contribution in [2.75, 3.05) is 44.2 Å². The fraction of sp³-hybridized carbons (Fsp3) is 0.345. The van der Waals surface area contributed by atoms with Crippen molar-refractivity contribution in [2.24, 2.45) is 0 Å². The largest absolute Gasteiger partial charge is 0.369 e. The van der Waals surface area contributed by atoms with E-state index in [1.165, 1.54) is 34.1 Å². The Morgan fingerprint density at radius 2 is 1.65 bits per heavy atom. The highest BCUT2D eigenvalue weighted by Gasteiger charge is 2.31. The Hall–Kier alpha value is -2.50. The van der Waals surface area contributed by atoms with Crippen molar-refractivity contribution in [2.45, 2.75) is 30.3 Å². The van der Waals surface area contributed by atoms with Crippen molar-refractivity contribution in [3.63, 3.8) is 0 Å². The number of benzene rings is 3. The van der Waals surface area contributed by atoms with Gasteiger partial charge < -0.3 is 10.2 Å². The molecule has 0 saturated carbocycles. The molecular formula is C29H31BrClFN4O3S. The number of sulfonamides is 1. The topological polar surface area (TPSA) is 73.0 Å². The second-order valence-corrected chi connectivity index (χ2v) is 13.4. The average Bonchev–Trinajstić information content (AvgIpc) is 2.95. The molecule has 212 valence electrons. The fourth-order valence-electron chi connectivity index (χ4n) is 5.22. The summed E-state index contributed by atoms with van der Waals surface area (Å²) in [5.41, 5.74) is 2.35. The van der Waals surface area contributed by atoms with Crippen LogP contribution in [0.3, 0.4) is 0 Å². The minimum absolute atomic E-state index is 0.0153. The van der Waals surface area contributed by atoms with Gasteiger partial charge in [-0.3, -0.25) is 9.69 Å². The van der Waals surface area contributed by atoms with Gasteiger partial charge in [-0.15, -0.1) is 0 Å². The van der Waals surface area contributed by atoms with Gasteiger partial charge >= 0.3 is 0 Å². The van der Waals surface area contributed by atoms with Crippen molar-refractivity contribution < 1.29 is 17.6 Å². The van der Waals surface area contributed by atoms with E-state index < -0.39 is 10.0 Å². The maximum Gasteiger partial charge on any atom is 0.251 e. The number of hydrogen-bond acceptors (Lipinski definition) is 5. The maximum absolute atomic E-state index is 13.5. The maximum atomic E-state index is 13.5. The number of anilines is 1.